The predicted octanol–water partition coefficient (Wildman–Crippen LogP) is 3.66. The Labute approximate surface area is 183 Å². The molecule has 2 aromatic carbocycles. The lowest BCUT2D eigenvalue weighted by Crippen LogP contribution is -2.47. The highest BCUT2D eigenvalue weighted by Gasteiger charge is 2.21. The summed E-state index contributed by atoms with van der Waals surface area (Å²) in [6.45, 7) is 9.03. The highest BCUT2D eigenvalue weighted by Crippen LogP contribution is 2.14. The van der Waals surface area contributed by atoms with Crippen LogP contribution in [0.1, 0.15) is 36.7 Å². The minimum atomic E-state index is -0.568. The molecule has 2 aromatic rings. The Hall–Kier alpha value is -2.90. The molecule has 1 unspecified atom stereocenters. The zero-order chi connectivity index (χ0) is 22.3. The van der Waals surface area contributed by atoms with Crippen molar-refractivity contribution in [2.75, 3.05) is 31.6 Å². The summed E-state index contributed by atoms with van der Waals surface area (Å²) in [6.07, 6.45) is -0.575. The van der Waals surface area contributed by atoms with E-state index in [0.29, 0.717) is 24.4 Å². The second-order valence-electron chi connectivity index (χ2n) is 8.63. The van der Waals surface area contributed by atoms with Gasteiger partial charge in [0, 0.05) is 37.4 Å². The Kier molecular flexibility index (Phi) is 7.65. The van der Waals surface area contributed by atoms with Crippen LogP contribution in [0, 0.1) is 0 Å². The molecule has 0 aromatic heterocycles. The molecule has 0 saturated carbocycles. The van der Waals surface area contributed by atoms with Crippen LogP contribution in [0.15, 0.2) is 54.6 Å². The van der Waals surface area contributed by atoms with Crippen molar-refractivity contribution in [3.63, 3.8) is 0 Å². The molecule has 166 valence electrons. The first-order chi connectivity index (χ1) is 14.8. The van der Waals surface area contributed by atoms with Crippen LogP contribution >= 0.6 is 0 Å². The minimum absolute atomic E-state index is 0.0467. The van der Waals surface area contributed by atoms with Gasteiger partial charge < -0.3 is 14.8 Å². The summed E-state index contributed by atoms with van der Waals surface area (Å²) < 4.78 is 11.0. The maximum atomic E-state index is 12.5. The second-order valence-corrected chi connectivity index (χ2v) is 8.63. The summed E-state index contributed by atoms with van der Waals surface area (Å²) in [7, 11) is 0. The largest absolute Gasteiger partial charge is 0.444 e. The van der Waals surface area contributed by atoms with Gasteiger partial charge in [-0.25, -0.2) is 4.79 Å². The molecule has 1 atom stereocenters. The molecule has 0 radical (unpaired) electrons. The Morgan fingerprint density at radius 1 is 1.10 bits per heavy atom. The number of benzene rings is 2. The number of hydrogen-bond donors (Lipinski definition) is 2. The quantitative estimate of drug-likeness (QED) is 0.738. The molecule has 1 heterocycles. The SMILES string of the molecule is CC(C)(C)OC(=O)Nc1ccc(C(=O)NCC2CN(Cc3ccccc3)CCO2)cc1. The van der Waals surface area contributed by atoms with Crippen LogP contribution < -0.4 is 10.6 Å². The van der Waals surface area contributed by atoms with Gasteiger partial charge in [0.05, 0.1) is 12.7 Å². The number of anilines is 1. The molecule has 0 spiro atoms. The average molecular weight is 426 g/mol. The van der Waals surface area contributed by atoms with E-state index in [2.05, 4.69) is 27.7 Å². The number of rotatable bonds is 6. The van der Waals surface area contributed by atoms with Gasteiger partial charge in [-0.05, 0) is 50.6 Å². The molecule has 7 nitrogen and oxygen atoms in total. The van der Waals surface area contributed by atoms with Crippen LogP contribution in [-0.4, -0.2) is 54.8 Å². The van der Waals surface area contributed by atoms with Crippen molar-refractivity contribution in [1.82, 2.24) is 10.2 Å². The molecule has 1 aliphatic rings. The molecule has 0 aliphatic carbocycles. The van der Waals surface area contributed by atoms with E-state index in [1.165, 1.54) is 5.56 Å². The molecular weight excluding hydrogens is 394 g/mol. The smallest absolute Gasteiger partial charge is 0.412 e. The van der Waals surface area contributed by atoms with Gasteiger partial charge in [-0.1, -0.05) is 30.3 Å². The van der Waals surface area contributed by atoms with Crippen LogP contribution in [0.5, 0.6) is 0 Å². The Bertz CT molecular complexity index is 863. The molecule has 31 heavy (non-hydrogen) atoms. The molecule has 1 fully saturated rings. The lowest BCUT2D eigenvalue weighted by molar-refractivity contribution is -0.0292. The standard InChI is InChI=1S/C24H31N3O4/c1-24(2,3)31-23(29)26-20-11-9-19(10-12-20)22(28)25-15-21-17-27(13-14-30-21)16-18-7-5-4-6-8-18/h4-12,21H,13-17H2,1-3H3,(H,25,28)(H,26,29). The number of nitrogens with zero attached hydrogens (tertiary/aromatic N) is 1. The molecule has 1 saturated heterocycles. The summed E-state index contributed by atoms with van der Waals surface area (Å²) in [5, 5.41) is 5.60. The van der Waals surface area contributed by atoms with Crippen molar-refractivity contribution in [3.8, 4) is 0 Å². The third-order valence-corrected chi connectivity index (χ3v) is 4.75. The van der Waals surface area contributed by atoms with E-state index in [1.54, 1.807) is 45.0 Å². The Morgan fingerprint density at radius 2 is 1.81 bits per heavy atom. The summed E-state index contributed by atoms with van der Waals surface area (Å²) in [5.41, 5.74) is 1.79. The van der Waals surface area contributed by atoms with Crippen LogP contribution in [0.25, 0.3) is 0 Å². The molecule has 2 N–H and O–H groups in total. The van der Waals surface area contributed by atoms with E-state index >= 15 is 0 Å². The fourth-order valence-electron chi connectivity index (χ4n) is 3.32. The lowest BCUT2D eigenvalue weighted by Gasteiger charge is -2.33. The summed E-state index contributed by atoms with van der Waals surface area (Å²) in [6, 6.07) is 17.0. The first-order valence-electron chi connectivity index (χ1n) is 10.5. The van der Waals surface area contributed by atoms with Crippen molar-refractivity contribution >= 4 is 17.7 Å². The lowest BCUT2D eigenvalue weighted by atomic mass is 10.1. The van der Waals surface area contributed by atoms with E-state index < -0.39 is 11.7 Å². The molecule has 7 heteroatoms. The fourth-order valence-corrected chi connectivity index (χ4v) is 3.32. The zero-order valence-corrected chi connectivity index (χ0v) is 18.4. The van der Waals surface area contributed by atoms with Gasteiger partial charge in [-0.15, -0.1) is 0 Å². The third kappa shape index (κ3) is 7.70. The van der Waals surface area contributed by atoms with Gasteiger partial charge in [0.25, 0.3) is 5.91 Å². The van der Waals surface area contributed by atoms with Gasteiger partial charge in [0.15, 0.2) is 0 Å². The van der Waals surface area contributed by atoms with Crippen LogP contribution in [-0.2, 0) is 16.0 Å². The molecule has 2 amide bonds. The van der Waals surface area contributed by atoms with Crippen molar-refractivity contribution in [3.05, 3.63) is 65.7 Å². The van der Waals surface area contributed by atoms with Crippen molar-refractivity contribution < 1.29 is 19.1 Å². The monoisotopic (exact) mass is 425 g/mol. The van der Waals surface area contributed by atoms with Gasteiger partial charge in [0.1, 0.15) is 5.60 Å². The molecule has 0 bridgehead atoms. The molecule has 3 rings (SSSR count). The fraction of sp³-hybridized carbons (Fsp3) is 0.417. The summed E-state index contributed by atoms with van der Waals surface area (Å²) >= 11 is 0. The van der Waals surface area contributed by atoms with Gasteiger partial charge >= 0.3 is 6.09 Å². The van der Waals surface area contributed by atoms with Gasteiger partial charge in [-0.2, -0.15) is 0 Å². The zero-order valence-electron chi connectivity index (χ0n) is 18.4. The topological polar surface area (TPSA) is 79.9 Å². The number of carbonyl (C=O) groups is 2. The number of amides is 2. The van der Waals surface area contributed by atoms with Gasteiger partial charge in [0.2, 0.25) is 0 Å². The highest BCUT2D eigenvalue weighted by atomic mass is 16.6. The van der Waals surface area contributed by atoms with Crippen molar-refractivity contribution in [1.29, 1.82) is 0 Å². The van der Waals surface area contributed by atoms with Crippen molar-refractivity contribution in [2.45, 2.75) is 39.0 Å². The second kappa shape index (κ2) is 10.4. The van der Waals surface area contributed by atoms with E-state index in [0.717, 1.165) is 19.6 Å². The van der Waals surface area contributed by atoms with Gasteiger partial charge in [-0.3, -0.25) is 15.0 Å². The Balaban J connectivity index is 1.45. The number of hydrogen-bond acceptors (Lipinski definition) is 5. The predicted molar refractivity (Wildman–Crippen MR) is 120 cm³/mol. The van der Waals surface area contributed by atoms with Crippen LogP contribution in [0.3, 0.4) is 0 Å². The maximum Gasteiger partial charge on any atom is 0.412 e. The van der Waals surface area contributed by atoms with E-state index in [9.17, 15) is 9.59 Å². The number of carbonyl (C=O) groups excluding carboxylic acids is 2. The van der Waals surface area contributed by atoms with E-state index in [4.69, 9.17) is 9.47 Å². The highest BCUT2D eigenvalue weighted by molar-refractivity contribution is 5.95. The van der Waals surface area contributed by atoms with Crippen molar-refractivity contribution in [2.24, 2.45) is 0 Å². The Morgan fingerprint density at radius 3 is 2.48 bits per heavy atom. The minimum Gasteiger partial charge on any atom is -0.444 e. The van der Waals surface area contributed by atoms with Crippen LogP contribution in [0.2, 0.25) is 0 Å². The number of morpholine rings is 1. The normalized spacial score (nSPS) is 17.1. The maximum absolute atomic E-state index is 12.5. The molecular formula is C24H31N3O4. The van der Waals surface area contributed by atoms with Crippen LogP contribution in [0.4, 0.5) is 10.5 Å². The first kappa shape index (κ1) is 22.8. The third-order valence-electron chi connectivity index (χ3n) is 4.75. The van der Waals surface area contributed by atoms with E-state index in [-0.39, 0.29) is 12.0 Å². The number of nitrogens with one attached hydrogen (secondary N) is 2. The summed E-state index contributed by atoms with van der Waals surface area (Å²) in [4.78, 5) is 26.7. The number of ether oxygens (including phenoxy) is 2. The molecule has 1 aliphatic heterocycles. The summed E-state index contributed by atoms with van der Waals surface area (Å²) in [5.74, 6) is -0.174. The first-order valence-corrected chi connectivity index (χ1v) is 10.5. The van der Waals surface area contributed by atoms with E-state index in [1.807, 2.05) is 18.2 Å². The average Bonchev–Trinajstić information content (AvgIpc) is 2.72.